The number of aromatic nitrogens is 2. The minimum Gasteiger partial charge on any atom is -0.387 e. The molecule has 0 radical (unpaired) electrons. The summed E-state index contributed by atoms with van der Waals surface area (Å²) in [5.41, 5.74) is 0.679. The average molecular weight is 180 g/mol. The molecule has 1 atom stereocenters. The highest BCUT2D eigenvalue weighted by Gasteiger charge is 2.07. The summed E-state index contributed by atoms with van der Waals surface area (Å²) in [6, 6.07) is 0. The van der Waals surface area contributed by atoms with Crippen LogP contribution in [-0.4, -0.2) is 15.1 Å². The summed E-state index contributed by atoms with van der Waals surface area (Å²) in [5.74, 6) is 0. The van der Waals surface area contributed by atoms with Crippen molar-refractivity contribution in [2.45, 2.75) is 38.7 Å². The van der Waals surface area contributed by atoms with E-state index in [1.165, 1.54) is 6.42 Å². The largest absolute Gasteiger partial charge is 0.387 e. The van der Waals surface area contributed by atoms with Gasteiger partial charge in [-0.15, -0.1) is 0 Å². The molecule has 0 spiro atoms. The van der Waals surface area contributed by atoms with E-state index in [-0.39, 0.29) is 0 Å². The van der Waals surface area contributed by atoms with E-state index in [4.69, 9.17) is 0 Å². The molecule has 1 aromatic rings. The first-order chi connectivity index (χ1) is 6.34. The third kappa shape index (κ3) is 3.51. The van der Waals surface area contributed by atoms with Crippen LogP contribution in [0.25, 0.3) is 0 Å². The van der Waals surface area contributed by atoms with Gasteiger partial charge in [-0.25, -0.2) is 0 Å². The first-order valence-electron chi connectivity index (χ1n) is 4.78. The van der Waals surface area contributed by atoms with E-state index in [1.807, 2.05) is 0 Å². The van der Waals surface area contributed by atoms with Crippen molar-refractivity contribution in [3.05, 3.63) is 24.3 Å². The molecule has 0 amide bonds. The molecule has 0 aliphatic rings. The molecule has 1 heterocycles. The zero-order valence-corrected chi connectivity index (χ0v) is 7.98. The van der Waals surface area contributed by atoms with Gasteiger partial charge in [0.25, 0.3) is 0 Å². The van der Waals surface area contributed by atoms with E-state index in [0.29, 0.717) is 5.69 Å². The number of nitrogens with zero attached hydrogens (tertiary/aromatic N) is 2. The molecule has 1 unspecified atom stereocenters. The SMILES string of the molecule is CCCCCC(O)c1cnccn1. The summed E-state index contributed by atoms with van der Waals surface area (Å²) < 4.78 is 0. The van der Waals surface area contributed by atoms with Crippen LogP contribution in [0, 0.1) is 0 Å². The van der Waals surface area contributed by atoms with Crippen LogP contribution in [0.5, 0.6) is 0 Å². The van der Waals surface area contributed by atoms with Crippen LogP contribution in [0.1, 0.15) is 44.4 Å². The summed E-state index contributed by atoms with van der Waals surface area (Å²) in [7, 11) is 0. The van der Waals surface area contributed by atoms with Crippen molar-refractivity contribution in [2.75, 3.05) is 0 Å². The summed E-state index contributed by atoms with van der Waals surface area (Å²) in [4.78, 5) is 7.96. The molecule has 1 rings (SSSR count). The van der Waals surface area contributed by atoms with Gasteiger partial charge in [-0.05, 0) is 6.42 Å². The van der Waals surface area contributed by atoms with E-state index >= 15 is 0 Å². The topological polar surface area (TPSA) is 46.0 Å². The lowest BCUT2D eigenvalue weighted by Crippen LogP contribution is -2.00. The zero-order valence-electron chi connectivity index (χ0n) is 7.98. The standard InChI is InChI=1S/C10H16N2O/c1-2-3-4-5-10(13)9-8-11-6-7-12-9/h6-8,10,13H,2-5H2,1H3. The van der Waals surface area contributed by atoms with Gasteiger partial charge < -0.3 is 5.11 Å². The van der Waals surface area contributed by atoms with E-state index in [0.717, 1.165) is 19.3 Å². The molecule has 3 nitrogen and oxygen atoms in total. The molecule has 72 valence electrons. The smallest absolute Gasteiger partial charge is 0.0975 e. The van der Waals surface area contributed by atoms with Crippen molar-refractivity contribution in [1.29, 1.82) is 0 Å². The van der Waals surface area contributed by atoms with Gasteiger partial charge >= 0.3 is 0 Å². The van der Waals surface area contributed by atoms with Crippen LogP contribution in [0.2, 0.25) is 0 Å². The number of unbranched alkanes of at least 4 members (excludes halogenated alkanes) is 2. The molecule has 1 N–H and O–H groups in total. The molecule has 0 saturated carbocycles. The second-order valence-corrected chi connectivity index (χ2v) is 3.14. The molecule has 0 fully saturated rings. The fourth-order valence-corrected chi connectivity index (χ4v) is 1.22. The van der Waals surface area contributed by atoms with E-state index < -0.39 is 6.10 Å². The van der Waals surface area contributed by atoms with Gasteiger partial charge in [0.05, 0.1) is 18.0 Å². The third-order valence-electron chi connectivity index (χ3n) is 2.01. The van der Waals surface area contributed by atoms with Gasteiger partial charge in [-0.1, -0.05) is 26.2 Å². The Labute approximate surface area is 78.9 Å². The van der Waals surface area contributed by atoms with Crippen LogP contribution >= 0.6 is 0 Å². The van der Waals surface area contributed by atoms with Gasteiger partial charge in [-0.2, -0.15) is 0 Å². The van der Waals surface area contributed by atoms with Crippen LogP contribution in [-0.2, 0) is 0 Å². The highest BCUT2D eigenvalue weighted by Crippen LogP contribution is 2.16. The molecular formula is C10H16N2O. The number of hydrogen-bond acceptors (Lipinski definition) is 3. The van der Waals surface area contributed by atoms with Crippen LogP contribution in [0.15, 0.2) is 18.6 Å². The Morgan fingerprint density at radius 1 is 1.38 bits per heavy atom. The van der Waals surface area contributed by atoms with E-state index in [2.05, 4.69) is 16.9 Å². The third-order valence-corrected chi connectivity index (χ3v) is 2.01. The minimum atomic E-state index is -0.444. The zero-order chi connectivity index (χ0) is 9.52. The van der Waals surface area contributed by atoms with Crippen LogP contribution in [0.4, 0.5) is 0 Å². The lowest BCUT2D eigenvalue weighted by atomic mass is 10.1. The predicted octanol–water partition coefficient (Wildman–Crippen LogP) is 2.09. The Hall–Kier alpha value is -0.960. The Bertz CT molecular complexity index is 226. The van der Waals surface area contributed by atoms with Crippen LogP contribution in [0.3, 0.4) is 0 Å². The fraction of sp³-hybridized carbons (Fsp3) is 0.600. The summed E-state index contributed by atoms with van der Waals surface area (Å²) in [6.45, 7) is 2.15. The maximum Gasteiger partial charge on any atom is 0.0975 e. The summed E-state index contributed by atoms with van der Waals surface area (Å²) >= 11 is 0. The highest BCUT2D eigenvalue weighted by atomic mass is 16.3. The molecule has 13 heavy (non-hydrogen) atoms. The summed E-state index contributed by atoms with van der Waals surface area (Å²) in [6.07, 6.45) is 8.57. The van der Waals surface area contributed by atoms with Crippen LogP contribution < -0.4 is 0 Å². The molecule has 0 saturated heterocycles. The van der Waals surface area contributed by atoms with Crippen molar-refractivity contribution in [2.24, 2.45) is 0 Å². The highest BCUT2D eigenvalue weighted by molar-refractivity contribution is 4.98. The van der Waals surface area contributed by atoms with Crippen molar-refractivity contribution in [1.82, 2.24) is 9.97 Å². The first-order valence-corrected chi connectivity index (χ1v) is 4.78. The van der Waals surface area contributed by atoms with Gasteiger partial charge in [-0.3, -0.25) is 9.97 Å². The van der Waals surface area contributed by atoms with Gasteiger partial charge in [0.2, 0.25) is 0 Å². The maximum absolute atomic E-state index is 9.64. The fourth-order valence-electron chi connectivity index (χ4n) is 1.22. The van der Waals surface area contributed by atoms with E-state index in [9.17, 15) is 5.11 Å². The number of hydrogen-bond donors (Lipinski definition) is 1. The maximum atomic E-state index is 9.64. The van der Waals surface area contributed by atoms with Gasteiger partial charge in [0.1, 0.15) is 0 Å². The Kier molecular flexibility index (Phi) is 4.40. The molecule has 1 aromatic heterocycles. The Balaban J connectivity index is 2.35. The van der Waals surface area contributed by atoms with Gasteiger partial charge in [0.15, 0.2) is 0 Å². The van der Waals surface area contributed by atoms with Gasteiger partial charge in [0, 0.05) is 12.4 Å². The normalized spacial score (nSPS) is 12.8. The molecule has 0 aromatic carbocycles. The van der Waals surface area contributed by atoms with Crippen molar-refractivity contribution in [3.63, 3.8) is 0 Å². The quantitative estimate of drug-likeness (QED) is 0.706. The number of aliphatic hydroxyl groups is 1. The Morgan fingerprint density at radius 2 is 2.23 bits per heavy atom. The van der Waals surface area contributed by atoms with Crippen molar-refractivity contribution >= 4 is 0 Å². The number of rotatable bonds is 5. The lowest BCUT2D eigenvalue weighted by Gasteiger charge is -2.07. The molecular weight excluding hydrogens is 164 g/mol. The monoisotopic (exact) mass is 180 g/mol. The molecule has 0 aliphatic carbocycles. The first kappa shape index (κ1) is 10.1. The predicted molar refractivity (Wildman–Crippen MR) is 51.1 cm³/mol. The Morgan fingerprint density at radius 3 is 2.85 bits per heavy atom. The van der Waals surface area contributed by atoms with Crippen molar-refractivity contribution in [3.8, 4) is 0 Å². The second-order valence-electron chi connectivity index (χ2n) is 3.14. The second kappa shape index (κ2) is 5.65. The average Bonchev–Trinajstić information content (AvgIpc) is 2.19. The van der Waals surface area contributed by atoms with E-state index in [1.54, 1.807) is 18.6 Å². The molecule has 0 bridgehead atoms. The number of aliphatic hydroxyl groups excluding tert-OH is 1. The molecule has 0 aliphatic heterocycles. The minimum absolute atomic E-state index is 0.444. The molecule has 3 heteroatoms. The summed E-state index contributed by atoms with van der Waals surface area (Å²) in [5, 5.41) is 9.64. The van der Waals surface area contributed by atoms with Crippen molar-refractivity contribution < 1.29 is 5.11 Å². The lowest BCUT2D eigenvalue weighted by molar-refractivity contribution is 0.158.